The summed E-state index contributed by atoms with van der Waals surface area (Å²) in [5, 5.41) is 14.0. The van der Waals surface area contributed by atoms with Crippen LogP contribution >= 0.6 is 0 Å². The molecule has 2 aliphatic rings. The minimum absolute atomic E-state index is 0.0443. The summed E-state index contributed by atoms with van der Waals surface area (Å²) in [5.41, 5.74) is 9.16. The van der Waals surface area contributed by atoms with E-state index in [1.54, 1.807) is 36.0 Å². The molecular weight excluding hydrogens is 382 g/mol. The standard InChI is InChI=1S/C18H19N5O4S/c1-11-15-16(14(9-19)17(20)27-18(15)22(2)21-11)12-3-5-13(6-4-12)23-7-8-26-10-28(23,24)25/h3-6,16H,7-8,10,20H2,1-2H3. The van der Waals surface area contributed by atoms with Crippen LogP contribution in [0.3, 0.4) is 0 Å². The summed E-state index contributed by atoms with van der Waals surface area (Å²) in [6.07, 6.45) is 0. The van der Waals surface area contributed by atoms with Crippen molar-refractivity contribution < 1.29 is 17.9 Å². The van der Waals surface area contributed by atoms with Crippen molar-refractivity contribution in [1.82, 2.24) is 9.78 Å². The molecule has 0 saturated carbocycles. The van der Waals surface area contributed by atoms with E-state index in [1.807, 2.05) is 6.92 Å². The van der Waals surface area contributed by atoms with Crippen LogP contribution < -0.4 is 14.8 Å². The van der Waals surface area contributed by atoms with Gasteiger partial charge in [-0.3, -0.25) is 4.31 Å². The number of hydrogen-bond donors (Lipinski definition) is 1. The average Bonchev–Trinajstić information content (AvgIpc) is 2.94. The number of rotatable bonds is 2. The Morgan fingerprint density at radius 2 is 2.04 bits per heavy atom. The Morgan fingerprint density at radius 3 is 2.68 bits per heavy atom. The minimum Gasteiger partial charge on any atom is -0.422 e. The number of fused-ring (bicyclic) bond motifs is 1. The third-order valence-corrected chi connectivity index (χ3v) is 6.43. The molecule has 0 bridgehead atoms. The first-order valence-electron chi connectivity index (χ1n) is 8.62. The number of nitrogens with zero attached hydrogens (tertiary/aromatic N) is 4. The molecule has 28 heavy (non-hydrogen) atoms. The Labute approximate surface area is 162 Å². The van der Waals surface area contributed by atoms with E-state index >= 15 is 0 Å². The van der Waals surface area contributed by atoms with E-state index in [1.165, 1.54) is 4.31 Å². The second-order valence-electron chi connectivity index (χ2n) is 6.65. The second-order valence-corrected chi connectivity index (χ2v) is 8.49. The van der Waals surface area contributed by atoms with Gasteiger partial charge in [0.2, 0.25) is 11.8 Å². The van der Waals surface area contributed by atoms with Crippen molar-refractivity contribution in [3.8, 4) is 11.9 Å². The van der Waals surface area contributed by atoms with E-state index in [-0.39, 0.29) is 18.4 Å². The number of anilines is 1. The summed E-state index contributed by atoms with van der Waals surface area (Å²) in [6, 6.07) is 9.20. The third-order valence-electron chi connectivity index (χ3n) is 4.91. The molecule has 0 radical (unpaired) electrons. The number of nitrogens with two attached hydrogens (primary N) is 1. The predicted octanol–water partition coefficient (Wildman–Crippen LogP) is 1.07. The first-order chi connectivity index (χ1) is 13.3. The summed E-state index contributed by atoms with van der Waals surface area (Å²) in [7, 11) is -1.74. The fourth-order valence-electron chi connectivity index (χ4n) is 3.64. The van der Waals surface area contributed by atoms with Gasteiger partial charge >= 0.3 is 0 Å². The number of sulfonamides is 1. The van der Waals surface area contributed by atoms with Crippen LogP contribution in [0, 0.1) is 18.3 Å². The molecule has 4 rings (SSSR count). The molecule has 1 atom stereocenters. The topological polar surface area (TPSA) is 123 Å². The molecule has 2 aliphatic heterocycles. The maximum atomic E-state index is 12.2. The van der Waals surface area contributed by atoms with Crippen molar-refractivity contribution >= 4 is 15.7 Å². The van der Waals surface area contributed by atoms with E-state index in [0.717, 1.165) is 16.8 Å². The number of nitriles is 1. The SMILES string of the molecule is Cc1nn(C)c2c1C(c1ccc(N3CCOCS3(=O)=O)cc1)C(C#N)=C(N)O2. The quantitative estimate of drug-likeness (QED) is 0.798. The molecule has 0 spiro atoms. The Balaban J connectivity index is 1.78. The van der Waals surface area contributed by atoms with Gasteiger partial charge in [0.25, 0.3) is 10.0 Å². The van der Waals surface area contributed by atoms with Crippen molar-refractivity contribution in [3.63, 3.8) is 0 Å². The normalized spacial score (nSPS) is 21.0. The largest absolute Gasteiger partial charge is 0.422 e. The van der Waals surface area contributed by atoms with Crippen molar-refractivity contribution in [2.24, 2.45) is 12.8 Å². The van der Waals surface area contributed by atoms with Gasteiger partial charge in [0.1, 0.15) is 11.6 Å². The lowest BCUT2D eigenvalue weighted by Gasteiger charge is -2.29. The molecule has 2 aromatic rings. The number of aromatic nitrogens is 2. The Bertz CT molecular complexity index is 1110. The summed E-state index contributed by atoms with van der Waals surface area (Å²) < 4.78 is 38.0. The van der Waals surface area contributed by atoms with Crippen LogP contribution in [0.1, 0.15) is 22.7 Å². The minimum atomic E-state index is -3.49. The molecular formula is C18H19N5O4S. The van der Waals surface area contributed by atoms with Gasteiger partial charge in [-0.15, -0.1) is 0 Å². The highest BCUT2D eigenvalue weighted by molar-refractivity contribution is 7.92. The van der Waals surface area contributed by atoms with Crippen LogP contribution in [0.4, 0.5) is 5.69 Å². The third kappa shape index (κ3) is 2.80. The Kier molecular flexibility index (Phi) is 4.28. The molecule has 1 aromatic carbocycles. The van der Waals surface area contributed by atoms with E-state index in [9.17, 15) is 13.7 Å². The van der Waals surface area contributed by atoms with Gasteiger partial charge in [-0.1, -0.05) is 12.1 Å². The molecule has 1 aromatic heterocycles. The molecule has 2 N–H and O–H groups in total. The number of benzene rings is 1. The molecule has 1 unspecified atom stereocenters. The van der Waals surface area contributed by atoms with E-state index in [0.29, 0.717) is 23.7 Å². The van der Waals surface area contributed by atoms with Gasteiger partial charge in [0.05, 0.1) is 36.0 Å². The van der Waals surface area contributed by atoms with Gasteiger partial charge in [0.15, 0.2) is 5.94 Å². The lowest BCUT2D eigenvalue weighted by Crippen LogP contribution is -2.41. The summed E-state index contributed by atoms with van der Waals surface area (Å²) in [4.78, 5) is 0. The first kappa shape index (κ1) is 18.3. The lowest BCUT2D eigenvalue weighted by atomic mass is 9.84. The molecule has 1 saturated heterocycles. The highest BCUT2D eigenvalue weighted by Crippen LogP contribution is 2.43. The van der Waals surface area contributed by atoms with Gasteiger partial charge in [-0.2, -0.15) is 10.4 Å². The zero-order valence-electron chi connectivity index (χ0n) is 15.4. The van der Waals surface area contributed by atoms with Gasteiger partial charge in [-0.25, -0.2) is 13.1 Å². The van der Waals surface area contributed by atoms with Crippen LogP contribution in [0.15, 0.2) is 35.7 Å². The van der Waals surface area contributed by atoms with Crippen molar-refractivity contribution in [3.05, 3.63) is 52.5 Å². The molecule has 146 valence electrons. The summed E-state index contributed by atoms with van der Waals surface area (Å²) in [6.45, 7) is 2.46. The Hall–Kier alpha value is -3.03. The van der Waals surface area contributed by atoms with E-state index in [2.05, 4.69) is 11.2 Å². The van der Waals surface area contributed by atoms with Crippen molar-refractivity contribution in [2.75, 3.05) is 23.4 Å². The highest BCUT2D eigenvalue weighted by atomic mass is 32.2. The van der Waals surface area contributed by atoms with Crippen molar-refractivity contribution in [2.45, 2.75) is 12.8 Å². The fourth-order valence-corrected chi connectivity index (χ4v) is 4.89. The number of ether oxygens (including phenoxy) is 2. The summed E-state index contributed by atoms with van der Waals surface area (Å²) >= 11 is 0. The number of aryl methyl sites for hydroxylation is 2. The lowest BCUT2D eigenvalue weighted by molar-refractivity contribution is 0.175. The van der Waals surface area contributed by atoms with Crippen LogP contribution in [0.5, 0.6) is 5.88 Å². The van der Waals surface area contributed by atoms with Crippen molar-refractivity contribution in [1.29, 1.82) is 5.26 Å². The van der Waals surface area contributed by atoms with E-state index in [4.69, 9.17) is 15.2 Å². The zero-order valence-corrected chi connectivity index (χ0v) is 16.2. The smallest absolute Gasteiger partial charge is 0.259 e. The van der Waals surface area contributed by atoms with Crippen LogP contribution in [-0.2, 0) is 21.8 Å². The fraction of sp³-hybridized carbons (Fsp3) is 0.333. The zero-order chi connectivity index (χ0) is 20.1. The maximum Gasteiger partial charge on any atom is 0.259 e. The van der Waals surface area contributed by atoms with Crippen LogP contribution in [0.25, 0.3) is 0 Å². The molecule has 1 fully saturated rings. The molecule has 0 aliphatic carbocycles. The highest BCUT2D eigenvalue weighted by Gasteiger charge is 2.35. The predicted molar refractivity (Wildman–Crippen MR) is 101 cm³/mol. The summed E-state index contributed by atoms with van der Waals surface area (Å²) in [5.74, 6) is -0.218. The van der Waals surface area contributed by atoms with Gasteiger partial charge in [0, 0.05) is 7.05 Å². The monoisotopic (exact) mass is 401 g/mol. The molecule has 9 nitrogen and oxygen atoms in total. The first-order valence-corrected chi connectivity index (χ1v) is 10.2. The average molecular weight is 401 g/mol. The molecule has 10 heteroatoms. The van der Waals surface area contributed by atoms with E-state index < -0.39 is 15.9 Å². The molecule has 0 amide bonds. The maximum absolute atomic E-state index is 12.2. The van der Waals surface area contributed by atoms with Crippen LogP contribution in [0.2, 0.25) is 0 Å². The number of allylic oxidation sites excluding steroid dienone is 1. The van der Waals surface area contributed by atoms with Crippen LogP contribution in [-0.4, -0.2) is 37.3 Å². The van der Waals surface area contributed by atoms with Gasteiger partial charge in [-0.05, 0) is 24.6 Å². The van der Waals surface area contributed by atoms with Gasteiger partial charge < -0.3 is 15.2 Å². The Morgan fingerprint density at radius 1 is 1.32 bits per heavy atom. The number of hydrogen-bond acceptors (Lipinski definition) is 7. The molecule has 3 heterocycles. The second kappa shape index (κ2) is 6.54.